The van der Waals surface area contributed by atoms with Crippen molar-refractivity contribution in [2.45, 2.75) is 19.2 Å². The summed E-state index contributed by atoms with van der Waals surface area (Å²) in [6.45, 7) is 1.15. The molecule has 188 valence electrons. The Hall–Kier alpha value is -3.60. The molecule has 2 heterocycles. The molecule has 2 aromatic rings. The molecule has 1 unspecified atom stereocenters. The molecule has 1 aliphatic rings. The number of carbonyl (C=O) groups excluding carboxylic acids is 1. The standard InChI is InChI=1S/C24H26F3N3O5/c1-32-15-21(30-35-14-18-2-7-22(28-13-18)24(25,26)27)19-3-5-20(6-4-19)34-16-23(31)29-12-17-8-10-33-11-9-17/h2-8,10,13,17H,9,11-12,14-16H2,1H3,(H,29,31)/b30-21-. The lowest BCUT2D eigenvalue weighted by atomic mass is 10.1. The molecule has 0 aliphatic carbocycles. The lowest BCUT2D eigenvalue weighted by Crippen LogP contribution is -2.33. The van der Waals surface area contributed by atoms with E-state index in [0.29, 0.717) is 35.7 Å². The van der Waals surface area contributed by atoms with Crippen molar-refractivity contribution < 1.29 is 37.0 Å². The third-order valence-corrected chi connectivity index (χ3v) is 4.97. The molecule has 35 heavy (non-hydrogen) atoms. The van der Waals surface area contributed by atoms with Crippen LogP contribution in [0.15, 0.2) is 60.1 Å². The predicted molar refractivity (Wildman–Crippen MR) is 121 cm³/mol. The number of carbonyl (C=O) groups is 1. The number of alkyl halides is 3. The van der Waals surface area contributed by atoms with Crippen LogP contribution in [0.4, 0.5) is 13.2 Å². The number of ether oxygens (including phenoxy) is 3. The first-order chi connectivity index (χ1) is 16.8. The minimum absolute atomic E-state index is 0.0572. The lowest BCUT2D eigenvalue weighted by molar-refractivity contribution is -0.141. The number of pyridine rings is 1. The van der Waals surface area contributed by atoms with Crippen LogP contribution in [0, 0.1) is 5.92 Å². The highest BCUT2D eigenvalue weighted by atomic mass is 19.4. The van der Waals surface area contributed by atoms with Crippen LogP contribution in [0.2, 0.25) is 0 Å². The Morgan fingerprint density at radius 1 is 1.20 bits per heavy atom. The summed E-state index contributed by atoms with van der Waals surface area (Å²) >= 11 is 0. The van der Waals surface area contributed by atoms with Gasteiger partial charge in [0, 0.05) is 36.9 Å². The molecule has 0 fully saturated rings. The fraction of sp³-hybridized carbons (Fsp3) is 0.375. The smallest absolute Gasteiger partial charge is 0.433 e. The Kier molecular flexibility index (Phi) is 9.47. The van der Waals surface area contributed by atoms with Crippen LogP contribution in [0.1, 0.15) is 23.2 Å². The second kappa shape index (κ2) is 12.7. The minimum Gasteiger partial charge on any atom is -0.501 e. The molecule has 1 aromatic heterocycles. The Labute approximate surface area is 200 Å². The van der Waals surface area contributed by atoms with Crippen molar-refractivity contribution in [3.8, 4) is 5.75 Å². The van der Waals surface area contributed by atoms with Crippen molar-refractivity contribution in [2.24, 2.45) is 11.1 Å². The first-order valence-corrected chi connectivity index (χ1v) is 10.8. The molecule has 1 aliphatic heterocycles. The molecule has 8 nitrogen and oxygen atoms in total. The summed E-state index contributed by atoms with van der Waals surface area (Å²) in [6.07, 6.45) is 1.03. The van der Waals surface area contributed by atoms with Crippen molar-refractivity contribution in [1.29, 1.82) is 0 Å². The Morgan fingerprint density at radius 3 is 2.63 bits per heavy atom. The molecular formula is C24H26F3N3O5. The molecule has 1 N–H and O–H groups in total. The highest BCUT2D eigenvalue weighted by Gasteiger charge is 2.32. The van der Waals surface area contributed by atoms with Gasteiger partial charge in [0.15, 0.2) is 6.61 Å². The molecular weight excluding hydrogens is 467 g/mol. The number of nitrogens with zero attached hydrogens (tertiary/aromatic N) is 2. The zero-order valence-corrected chi connectivity index (χ0v) is 19.1. The zero-order valence-electron chi connectivity index (χ0n) is 19.1. The molecule has 0 saturated carbocycles. The number of rotatable bonds is 11. The van der Waals surface area contributed by atoms with E-state index in [1.54, 1.807) is 30.5 Å². The fourth-order valence-electron chi connectivity index (χ4n) is 3.07. The van der Waals surface area contributed by atoms with E-state index in [0.717, 1.165) is 18.7 Å². The topological polar surface area (TPSA) is 91.3 Å². The average Bonchev–Trinajstić information content (AvgIpc) is 2.86. The Morgan fingerprint density at radius 2 is 2.00 bits per heavy atom. The number of hydrogen-bond donors (Lipinski definition) is 1. The van der Waals surface area contributed by atoms with Crippen LogP contribution in [0.5, 0.6) is 5.75 Å². The summed E-state index contributed by atoms with van der Waals surface area (Å²) < 4.78 is 53.6. The van der Waals surface area contributed by atoms with E-state index < -0.39 is 11.9 Å². The normalized spacial score (nSPS) is 15.9. The summed E-state index contributed by atoms with van der Waals surface area (Å²) in [5.41, 5.74) is 0.635. The predicted octanol–water partition coefficient (Wildman–Crippen LogP) is 3.71. The Bertz CT molecular complexity index is 1010. The van der Waals surface area contributed by atoms with Gasteiger partial charge < -0.3 is 24.4 Å². The van der Waals surface area contributed by atoms with Gasteiger partial charge in [0.25, 0.3) is 5.91 Å². The summed E-state index contributed by atoms with van der Waals surface area (Å²) in [4.78, 5) is 20.7. The minimum atomic E-state index is -4.49. The largest absolute Gasteiger partial charge is 0.501 e. The number of aromatic nitrogens is 1. The highest BCUT2D eigenvalue weighted by molar-refractivity contribution is 6.01. The van der Waals surface area contributed by atoms with Gasteiger partial charge in [-0.15, -0.1) is 0 Å². The monoisotopic (exact) mass is 493 g/mol. The van der Waals surface area contributed by atoms with Gasteiger partial charge in [-0.05, 0) is 42.8 Å². The van der Waals surface area contributed by atoms with Crippen molar-refractivity contribution in [2.75, 3.05) is 33.5 Å². The van der Waals surface area contributed by atoms with E-state index in [1.165, 1.54) is 13.2 Å². The number of amides is 1. The molecule has 0 spiro atoms. The van der Waals surface area contributed by atoms with Gasteiger partial charge in [0.2, 0.25) is 0 Å². The van der Waals surface area contributed by atoms with Gasteiger partial charge in [-0.2, -0.15) is 13.2 Å². The molecule has 3 rings (SSSR count). The van der Waals surface area contributed by atoms with Crippen LogP contribution >= 0.6 is 0 Å². The van der Waals surface area contributed by atoms with Crippen LogP contribution < -0.4 is 10.1 Å². The highest BCUT2D eigenvalue weighted by Crippen LogP contribution is 2.27. The SMILES string of the molecule is COC/C(=N/OCc1ccc(C(F)(F)F)nc1)c1ccc(OCC(=O)NCC2C=COCC2)cc1. The van der Waals surface area contributed by atoms with E-state index >= 15 is 0 Å². The first-order valence-electron chi connectivity index (χ1n) is 10.8. The molecule has 1 aromatic carbocycles. The summed E-state index contributed by atoms with van der Waals surface area (Å²) in [5.74, 6) is 0.536. The van der Waals surface area contributed by atoms with Gasteiger partial charge in [-0.25, -0.2) is 0 Å². The van der Waals surface area contributed by atoms with Crippen LogP contribution in [0.3, 0.4) is 0 Å². The molecule has 0 saturated heterocycles. The van der Waals surface area contributed by atoms with Crippen LogP contribution in [0.25, 0.3) is 0 Å². The zero-order chi connectivity index (χ0) is 25.1. The van der Waals surface area contributed by atoms with Crippen LogP contribution in [-0.2, 0) is 31.9 Å². The van der Waals surface area contributed by atoms with Gasteiger partial charge >= 0.3 is 6.18 Å². The van der Waals surface area contributed by atoms with Crippen molar-refractivity contribution >= 4 is 11.6 Å². The maximum Gasteiger partial charge on any atom is 0.433 e. The summed E-state index contributed by atoms with van der Waals surface area (Å²) in [6, 6.07) is 9.02. The van der Waals surface area contributed by atoms with E-state index in [9.17, 15) is 18.0 Å². The molecule has 11 heteroatoms. The number of benzene rings is 1. The summed E-state index contributed by atoms with van der Waals surface area (Å²) in [5, 5.41) is 6.88. The van der Waals surface area contributed by atoms with Gasteiger partial charge in [0.1, 0.15) is 23.8 Å². The van der Waals surface area contributed by atoms with Gasteiger partial charge in [-0.1, -0.05) is 11.2 Å². The van der Waals surface area contributed by atoms with Gasteiger partial charge in [0.05, 0.1) is 19.5 Å². The molecule has 0 radical (unpaired) electrons. The second-order valence-corrected chi connectivity index (χ2v) is 7.66. The average molecular weight is 493 g/mol. The van der Waals surface area contributed by atoms with Gasteiger partial charge in [-0.3, -0.25) is 9.78 Å². The number of halogens is 3. The number of methoxy groups -OCH3 is 1. The van der Waals surface area contributed by atoms with Crippen molar-refractivity contribution in [1.82, 2.24) is 10.3 Å². The second-order valence-electron chi connectivity index (χ2n) is 7.66. The van der Waals surface area contributed by atoms with Crippen molar-refractivity contribution in [3.05, 3.63) is 71.8 Å². The van der Waals surface area contributed by atoms with Crippen LogP contribution in [-0.4, -0.2) is 50.1 Å². The Balaban J connectivity index is 1.49. The quantitative estimate of drug-likeness (QED) is 0.379. The summed E-state index contributed by atoms with van der Waals surface area (Å²) in [7, 11) is 1.50. The molecule has 1 atom stereocenters. The molecule has 0 bridgehead atoms. The van der Waals surface area contributed by atoms with Crippen molar-refractivity contribution in [3.63, 3.8) is 0 Å². The van der Waals surface area contributed by atoms with E-state index in [2.05, 4.69) is 15.5 Å². The lowest BCUT2D eigenvalue weighted by Gasteiger charge is -2.17. The maximum atomic E-state index is 12.6. The number of hydrogen-bond acceptors (Lipinski definition) is 7. The number of nitrogens with one attached hydrogen (secondary N) is 1. The van der Waals surface area contributed by atoms with E-state index in [4.69, 9.17) is 19.0 Å². The number of oxime groups is 1. The third-order valence-electron chi connectivity index (χ3n) is 4.97. The molecule has 1 amide bonds. The fourth-order valence-corrected chi connectivity index (χ4v) is 3.07. The third kappa shape index (κ3) is 8.60. The first kappa shape index (κ1) is 26.0. The van der Waals surface area contributed by atoms with E-state index in [1.807, 2.05) is 6.08 Å². The van der Waals surface area contributed by atoms with E-state index in [-0.39, 0.29) is 31.6 Å². The maximum absolute atomic E-state index is 12.6.